The van der Waals surface area contributed by atoms with Crippen LogP contribution in [-0.4, -0.2) is 10.2 Å². The maximum Gasteiger partial charge on any atom is 0.130 e. The second kappa shape index (κ2) is 3.76. The predicted octanol–water partition coefficient (Wildman–Crippen LogP) is 1.99. The van der Waals surface area contributed by atoms with Gasteiger partial charge in [-0.05, 0) is 18.2 Å². The summed E-state index contributed by atoms with van der Waals surface area (Å²) in [5, 5.41) is 6.66. The van der Waals surface area contributed by atoms with Crippen LogP contribution in [-0.2, 0) is 6.61 Å². The fourth-order valence-electron chi connectivity index (χ4n) is 1.04. The number of rotatable bonds is 3. The number of nitrogens with zero attached hydrogens (tertiary/aromatic N) is 1. The first-order chi connectivity index (χ1) is 6.45. The van der Waals surface area contributed by atoms with Crippen LogP contribution in [0.15, 0.2) is 42.6 Å². The minimum absolute atomic E-state index is 0.532. The van der Waals surface area contributed by atoms with Crippen molar-refractivity contribution in [2.45, 2.75) is 6.61 Å². The van der Waals surface area contributed by atoms with E-state index in [0.717, 1.165) is 11.4 Å². The average Bonchev–Trinajstić information content (AvgIpc) is 2.69. The highest BCUT2D eigenvalue weighted by molar-refractivity contribution is 5.21. The summed E-state index contributed by atoms with van der Waals surface area (Å²) in [6.45, 7) is 0.532. The Bertz CT molecular complexity index is 342. The molecule has 0 spiro atoms. The van der Waals surface area contributed by atoms with Gasteiger partial charge in [0.25, 0.3) is 0 Å². The molecule has 0 fully saturated rings. The summed E-state index contributed by atoms with van der Waals surface area (Å²) >= 11 is 0. The largest absolute Gasteiger partial charge is 0.487 e. The van der Waals surface area contributed by atoms with E-state index < -0.39 is 0 Å². The average molecular weight is 174 g/mol. The Morgan fingerprint density at radius 3 is 2.69 bits per heavy atom. The van der Waals surface area contributed by atoms with Gasteiger partial charge >= 0.3 is 0 Å². The van der Waals surface area contributed by atoms with Crippen LogP contribution in [0.5, 0.6) is 5.75 Å². The quantitative estimate of drug-likeness (QED) is 0.772. The minimum atomic E-state index is 0.532. The van der Waals surface area contributed by atoms with E-state index in [9.17, 15) is 0 Å². The van der Waals surface area contributed by atoms with Crippen molar-refractivity contribution in [3.05, 3.63) is 48.3 Å². The van der Waals surface area contributed by atoms with E-state index in [2.05, 4.69) is 10.2 Å². The third-order valence-electron chi connectivity index (χ3n) is 1.70. The highest BCUT2D eigenvalue weighted by Crippen LogP contribution is 2.09. The summed E-state index contributed by atoms with van der Waals surface area (Å²) in [7, 11) is 0. The van der Waals surface area contributed by atoms with Gasteiger partial charge in [-0.25, -0.2) is 0 Å². The molecule has 3 heteroatoms. The molecular weight excluding hydrogens is 164 g/mol. The monoisotopic (exact) mass is 174 g/mol. The van der Waals surface area contributed by atoms with Crippen LogP contribution >= 0.6 is 0 Å². The second-order valence-electron chi connectivity index (χ2n) is 2.68. The Hall–Kier alpha value is -1.77. The zero-order valence-corrected chi connectivity index (χ0v) is 7.10. The van der Waals surface area contributed by atoms with Gasteiger partial charge in [-0.15, -0.1) is 0 Å². The van der Waals surface area contributed by atoms with Crippen molar-refractivity contribution >= 4 is 0 Å². The maximum absolute atomic E-state index is 5.48. The van der Waals surface area contributed by atoms with Crippen molar-refractivity contribution in [2.24, 2.45) is 0 Å². The Morgan fingerprint density at radius 2 is 2.00 bits per heavy atom. The van der Waals surface area contributed by atoms with Crippen molar-refractivity contribution in [2.75, 3.05) is 0 Å². The Morgan fingerprint density at radius 1 is 1.15 bits per heavy atom. The Balaban J connectivity index is 1.94. The molecule has 0 saturated carbocycles. The molecule has 3 nitrogen and oxygen atoms in total. The lowest BCUT2D eigenvalue weighted by molar-refractivity contribution is 0.301. The van der Waals surface area contributed by atoms with E-state index in [1.807, 2.05) is 36.4 Å². The normalized spacial score (nSPS) is 9.85. The van der Waals surface area contributed by atoms with E-state index in [-0.39, 0.29) is 0 Å². The number of H-pyrrole nitrogens is 1. The molecule has 0 saturated heterocycles. The number of aromatic amines is 1. The van der Waals surface area contributed by atoms with Gasteiger partial charge in [0.2, 0.25) is 0 Å². The molecule has 0 unspecified atom stereocenters. The summed E-state index contributed by atoms with van der Waals surface area (Å²) in [4.78, 5) is 0. The first kappa shape index (κ1) is 7.86. The van der Waals surface area contributed by atoms with E-state index in [4.69, 9.17) is 4.74 Å². The number of benzene rings is 1. The lowest BCUT2D eigenvalue weighted by Crippen LogP contribution is -1.95. The Labute approximate surface area is 76.4 Å². The van der Waals surface area contributed by atoms with Crippen molar-refractivity contribution in [3.63, 3.8) is 0 Å². The molecule has 0 aliphatic heterocycles. The lowest BCUT2D eigenvalue weighted by Gasteiger charge is -2.02. The summed E-state index contributed by atoms with van der Waals surface area (Å²) < 4.78 is 5.48. The van der Waals surface area contributed by atoms with Crippen LogP contribution in [0, 0.1) is 0 Å². The van der Waals surface area contributed by atoms with E-state index in [1.54, 1.807) is 6.20 Å². The fourth-order valence-corrected chi connectivity index (χ4v) is 1.04. The van der Waals surface area contributed by atoms with Crippen LogP contribution in [0.25, 0.3) is 0 Å². The summed E-state index contributed by atoms with van der Waals surface area (Å²) in [6.07, 6.45) is 1.71. The van der Waals surface area contributed by atoms with Crippen molar-refractivity contribution in [3.8, 4) is 5.75 Å². The smallest absolute Gasteiger partial charge is 0.130 e. The van der Waals surface area contributed by atoms with E-state index in [1.165, 1.54) is 0 Å². The number of nitrogens with one attached hydrogen (secondary N) is 1. The molecular formula is C10H10N2O. The van der Waals surface area contributed by atoms with Crippen LogP contribution in [0.1, 0.15) is 5.69 Å². The third-order valence-corrected chi connectivity index (χ3v) is 1.70. The molecule has 2 aromatic rings. The number of hydrogen-bond acceptors (Lipinski definition) is 2. The molecule has 1 aromatic carbocycles. The van der Waals surface area contributed by atoms with Crippen LogP contribution in [0.2, 0.25) is 0 Å². The van der Waals surface area contributed by atoms with Gasteiger partial charge in [0, 0.05) is 6.20 Å². The third kappa shape index (κ3) is 2.08. The van der Waals surface area contributed by atoms with Crippen LogP contribution in [0.3, 0.4) is 0 Å². The van der Waals surface area contributed by atoms with Gasteiger partial charge in [0.05, 0.1) is 5.69 Å². The molecule has 0 aliphatic carbocycles. The lowest BCUT2D eigenvalue weighted by atomic mass is 10.3. The minimum Gasteiger partial charge on any atom is -0.487 e. The number of aromatic nitrogens is 2. The fraction of sp³-hybridized carbons (Fsp3) is 0.100. The van der Waals surface area contributed by atoms with Crippen molar-refractivity contribution in [1.82, 2.24) is 10.2 Å². The van der Waals surface area contributed by atoms with Gasteiger partial charge in [0.1, 0.15) is 12.4 Å². The summed E-state index contributed by atoms with van der Waals surface area (Å²) in [5.41, 5.74) is 0.976. The van der Waals surface area contributed by atoms with Gasteiger partial charge in [-0.3, -0.25) is 5.10 Å². The summed E-state index contributed by atoms with van der Waals surface area (Å²) in [5.74, 6) is 0.872. The molecule has 0 radical (unpaired) electrons. The number of hydrogen-bond donors (Lipinski definition) is 1. The topological polar surface area (TPSA) is 37.9 Å². The van der Waals surface area contributed by atoms with E-state index in [0.29, 0.717) is 6.61 Å². The molecule has 13 heavy (non-hydrogen) atoms. The Kier molecular flexibility index (Phi) is 2.27. The molecule has 0 atom stereocenters. The van der Waals surface area contributed by atoms with Gasteiger partial charge in [0.15, 0.2) is 0 Å². The molecule has 0 bridgehead atoms. The van der Waals surface area contributed by atoms with Crippen LogP contribution in [0.4, 0.5) is 0 Å². The standard InChI is InChI=1S/C10H10N2O/c1-2-4-10(5-3-1)13-8-9-6-7-11-12-9/h1-7H,8H2,(H,11,12). The van der Waals surface area contributed by atoms with Crippen molar-refractivity contribution in [1.29, 1.82) is 0 Å². The predicted molar refractivity (Wildman–Crippen MR) is 49.4 cm³/mol. The van der Waals surface area contributed by atoms with E-state index >= 15 is 0 Å². The number of para-hydroxylation sites is 1. The summed E-state index contributed by atoms with van der Waals surface area (Å²) in [6, 6.07) is 11.6. The van der Waals surface area contributed by atoms with Gasteiger partial charge in [-0.2, -0.15) is 5.10 Å². The molecule has 0 aliphatic rings. The highest BCUT2D eigenvalue weighted by Gasteiger charge is 1.94. The van der Waals surface area contributed by atoms with Gasteiger partial charge < -0.3 is 4.74 Å². The molecule has 2 rings (SSSR count). The second-order valence-corrected chi connectivity index (χ2v) is 2.68. The van der Waals surface area contributed by atoms with Crippen molar-refractivity contribution < 1.29 is 4.74 Å². The molecule has 0 amide bonds. The SMILES string of the molecule is c1ccc(OCc2ccn[nH]2)cc1. The molecule has 66 valence electrons. The first-order valence-corrected chi connectivity index (χ1v) is 4.11. The van der Waals surface area contributed by atoms with Crippen LogP contribution < -0.4 is 4.74 Å². The molecule has 1 N–H and O–H groups in total. The highest BCUT2D eigenvalue weighted by atomic mass is 16.5. The van der Waals surface area contributed by atoms with Gasteiger partial charge in [-0.1, -0.05) is 18.2 Å². The maximum atomic E-state index is 5.48. The number of ether oxygens (including phenoxy) is 1. The molecule has 1 aromatic heterocycles. The molecule has 1 heterocycles. The zero-order valence-electron chi connectivity index (χ0n) is 7.10. The zero-order chi connectivity index (χ0) is 8.93. The first-order valence-electron chi connectivity index (χ1n) is 4.11.